The van der Waals surface area contributed by atoms with Gasteiger partial charge >= 0.3 is 0 Å². The second-order valence-corrected chi connectivity index (χ2v) is 7.47. The van der Waals surface area contributed by atoms with Crippen molar-refractivity contribution in [2.75, 3.05) is 20.8 Å². The molecule has 2 saturated carbocycles. The van der Waals surface area contributed by atoms with Crippen LogP contribution in [0.15, 0.2) is 18.2 Å². The van der Waals surface area contributed by atoms with Crippen LogP contribution in [0.5, 0.6) is 11.5 Å². The molecule has 1 amide bonds. The number of amides is 1. The summed E-state index contributed by atoms with van der Waals surface area (Å²) in [5.41, 5.74) is 0.420. The van der Waals surface area contributed by atoms with E-state index in [1.165, 1.54) is 0 Å². The van der Waals surface area contributed by atoms with E-state index in [0.717, 1.165) is 44.1 Å². The lowest BCUT2D eigenvalue weighted by Crippen LogP contribution is -2.41. The first-order valence-electron chi connectivity index (χ1n) is 9.26. The van der Waals surface area contributed by atoms with E-state index in [4.69, 9.17) is 9.47 Å². The standard InChI is InChI=1S/C20H29NO4/c1-24-17-8-7-15(11-18(17)25-2)16(14-5-6-14)12-19(22)21-13-20(23)9-3-4-10-20/h7-8,11,14,16,23H,3-6,9-10,12-13H2,1-2H3,(H,21,22). The van der Waals surface area contributed by atoms with Gasteiger partial charge in [0.2, 0.25) is 5.91 Å². The third-order valence-electron chi connectivity index (χ3n) is 5.58. The molecular weight excluding hydrogens is 318 g/mol. The maximum Gasteiger partial charge on any atom is 0.220 e. The Morgan fingerprint density at radius 3 is 2.52 bits per heavy atom. The van der Waals surface area contributed by atoms with Crippen molar-refractivity contribution < 1.29 is 19.4 Å². The van der Waals surface area contributed by atoms with Gasteiger partial charge in [-0.15, -0.1) is 0 Å². The van der Waals surface area contributed by atoms with Crippen LogP contribution in [0.25, 0.3) is 0 Å². The van der Waals surface area contributed by atoms with Crippen LogP contribution in [-0.2, 0) is 4.79 Å². The molecule has 2 aliphatic carbocycles. The van der Waals surface area contributed by atoms with Crippen molar-refractivity contribution >= 4 is 5.91 Å². The lowest BCUT2D eigenvalue weighted by atomic mass is 9.90. The molecule has 0 aromatic heterocycles. The van der Waals surface area contributed by atoms with Gasteiger partial charge in [-0.2, -0.15) is 0 Å². The highest BCUT2D eigenvalue weighted by atomic mass is 16.5. The molecule has 3 rings (SSSR count). The zero-order valence-electron chi connectivity index (χ0n) is 15.2. The van der Waals surface area contributed by atoms with Gasteiger partial charge in [0.25, 0.3) is 0 Å². The van der Waals surface area contributed by atoms with Crippen molar-refractivity contribution in [1.82, 2.24) is 5.32 Å². The lowest BCUT2D eigenvalue weighted by Gasteiger charge is -2.23. The number of methoxy groups -OCH3 is 2. The molecule has 25 heavy (non-hydrogen) atoms. The molecule has 1 aromatic rings. The van der Waals surface area contributed by atoms with Crippen LogP contribution in [0.1, 0.15) is 56.4 Å². The van der Waals surface area contributed by atoms with Crippen LogP contribution in [0.2, 0.25) is 0 Å². The molecular formula is C20H29NO4. The molecule has 1 atom stereocenters. The van der Waals surface area contributed by atoms with Crippen molar-refractivity contribution in [3.63, 3.8) is 0 Å². The summed E-state index contributed by atoms with van der Waals surface area (Å²) in [7, 11) is 3.25. The molecule has 0 aliphatic heterocycles. The van der Waals surface area contributed by atoms with Crippen LogP contribution < -0.4 is 14.8 Å². The third kappa shape index (κ3) is 4.46. The fourth-order valence-corrected chi connectivity index (χ4v) is 3.88. The van der Waals surface area contributed by atoms with Gasteiger partial charge in [-0.25, -0.2) is 0 Å². The minimum absolute atomic E-state index is 0.0204. The molecule has 138 valence electrons. The first-order valence-corrected chi connectivity index (χ1v) is 9.26. The topological polar surface area (TPSA) is 67.8 Å². The molecule has 1 aromatic carbocycles. The number of carbonyl (C=O) groups excluding carboxylic acids is 1. The lowest BCUT2D eigenvalue weighted by molar-refractivity contribution is -0.122. The maximum atomic E-state index is 12.5. The third-order valence-corrected chi connectivity index (χ3v) is 5.58. The first kappa shape index (κ1) is 18.1. The number of carbonyl (C=O) groups is 1. The van der Waals surface area contributed by atoms with Gasteiger partial charge in [-0.3, -0.25) is 4.79 Å². The molecule has 2 aliphatic rings. The van der Waals surface area contributed by atoms with Gasteiger partial charge in [0, 0.05) is 13.0 Å². The normalized spacial score (nSPS) is 20.1. The molecule has 2 fully saturated rings. The van der Waals surface area contributed by atoms with Crippen LogP contribution in [-0.4, -0.2) is 37.4 Å². The van der Waals surface area contributed by atoms with Gasteiger partial charge < -0.3 is 19.9 Å². The average molecular weight is 347 g/mol. The molecule has 0 spiro atoms. The number of ether oxygens (including phenoxy) is 2. The Kier molecular flexibility index (Phi) is 5.52. The molecule has 5 heteroatoms. The van der Waals surface area contributed by atoms with Crippen molar-refractivity contribution in [2.24, 2.45) is 5.92 Å². The van der Waals surface area contributed by atoms with Gasteiger partial charge in [0.15, 0.2) is 11.5 Å². The van der Waals surface area contributed by atoms with E-state index in [2.05, 4.69) is 5.32 Å². The second kappa shape index (κ2) is 7.65. The van der Waals surface area contributed by atoms with E-state index in [9.17, 15) is 9.90 Å². The van der Waals surface area contributed by atoms with Crippen molar-refractivity contribution in [2.45, 2.75) is 56.5 Å². The fourth-order valence-electron chi connectivity index (χ4n) is 3.88. The van der Waals surface area contributed by atoms with Crippen LogP contribution in [0.3, 0.4) is 0 Å². The summed E-state index contributed by atoms with van der Waals surface area (Å²) in [6, 6.07) is 5.92. The Morgan fingerprint density at radius 1 is 1.24 bits per heavy atom. The summed E-state index contributed by atoms with van der Waals surface area (Å²) in [4.78, 5) is 12.5. The highest BCUT2D eigenvalue weighted by Gasteiger charge is 2.35. The van der Waals surface area contributed by atoms with Crippen LogP contribution >= 0.6 is 0 Å². The van der Waals surface area contributed by atoms with E-state index >= 15 is 0 Å². The summed E-state index contributed by atoms with van der Waals surface area (Å²) in [5.74, 6) is 2.17. The molecule has 0 saturated heterocycles. The minimum Gasteiger partial charge on any atom is -0.493 e. The zero-order valence-corrected chi connectivity index (χ0v) is 15.2. The first-order chi connectivity index (χ1) is 12.0. The predicted octanol–water partition coefficient (Wildman–Crippen LogP) is 3.01. The predicted molar refractivity (Wildman–Crippen MR) is 96.1 cm³/mol. The zero-order chi connectivity index (χ0) is 17.9. The number of aliphatic hydroxyl groups is 1. The van der Waals surface area contributed by atoms with Crippen molar-refractivity contribution in [3.8, 4) is 11.5 Å². The summed E-state index contributed by atoms with van der Waals surface area (Å²) in [5, 5.41) is 13.3. The van der Waals surface area contributed by atoms with E-state index in [-0.39, 0.29) is 11.8 Å². The smallest absolute Gasteiger partial charge is 0.220 e. The number of rotatable bonds is 8. The van der Waals surface area contributed by atoms with E-state index in [0.29, 0.717) is 30.4 Å². The Balaban J connectivity index is 1.64. The molecule has 2 N–H and O–H groups in total. The number of hydrogen-bond acceptors (Lipinski definition) is 4. The molecule has 0 radical (unpaired) electrons. The number of hydrogen-bond donors (Lipinski definition) is 2. The van der Waals surface area contributed by atoms with Crippen LogP contribution in [0.4, 0.5) is 0 Å². The van der Waals surface area contributed by atoms with E-state index in [1.807, 2.05) is 18.2 Å². The fraction of sp³-hybridized carbons (Fsp3) is 0.650. The van der Waals surface area contributed by atoms with Gasteiger partial charge in [0.1, 0.15) is 0 Å². The second-order valence-electron chi connectivity index (χ2n) is 7.47. The summed E-state index contributed by atoms with van der Waals surface area (Å²) >= 11 is 0. The number of benzene rings is 1. The minimum atomic E-state index is -0.700. The van der Waals surface area contributed by atoms with E-state index < -0.39 is 5.60 Å². The molecule has 0 bridgehead atoms. The van der Waals surface area contributed by atoms with Crippen molar-refractivity contribution in [3.05, 3.63) is 23.8 Å². The summed E-state index contributed by atoms with van der Waals surface area (Å²) in [6.45, 7) is 0.370. The number of nitrogens with one attached hydrogen (secondary N) is 1. The Bertz CT molecular complexity index is 606. The molecule has 0 heterocycles. The van der Waals surface area contributed by atoms with Crippen LogP contribution in [0, 0.1) is 5.92 Å². The Labute approximate surface area is 149 Å². The summed E-state index contributed by atoms with van der Waals surface area (Å²) in [6.07, 6.45) is 6.44. The Hall–Kier alpha value is -1.75. The van der Waals surface area contributed by atoms with Gasteiger partial charge in [-0.1, -0.05) is 18.9 Å². The summed E-state index contributed by atoms with van der Waals surface area (Å²) < 4.78 is 10.7. The van der Waals surface area contributed by atoms with E-state index in [1.54, 1.807) is 14.2 Å². The molecule has 5 nitrogen and oxygen atoms in total. The SMILES string of the molecule is COc1ccc(C(CC(=O)NCC2(O)CCCC2)C2CC2)cc1OC. The quantitative estimate of drug-likeness (QED) is 0.758. The largest absolute Gasteiger partial charge is 0.493 e. The Morgan fingerprint density at radius 2 is 1.92 bits per heavy atom. The molecule has 1 unspecified atom stereocenters. The van der Waals surface area contributed by atoms with Gasteiger partial charge in [-0.05, 0) is 55.2 Å². The highest BCUT2D eigenvalue weighted by molar-refractivity contribution is 5.77. The highest BCUT2D eigenvalue weighted by Crippen LogP contribution is 2.46. The average Bonchev–Trinajstić information content (AvgIpc) is 3.38. The monoisotopic (exact) mass is 347 g/mol. The van der Waals surface area contributed by atoms with Crippen molar-refractivity contribution in [1.29, 1.82) is 0 Å². The van der Waals surface area contributed by atoms with Gasteiger partial charge in [0.05, 0.1) is 19.8 Å². The maximum absolute atomic E-state index is 12.5.